The van der Waals surface area contributed by atoms with E-state index in [1.807, 2.05) is 13.0 Å². The van der Waals surface area contributed by atoms with Crippen LogP contribution in [0.2, 0.25) is 0 Å². The fourth-order valence-electron chi connectivity index (χ4n) is 1.57. The number of benzene rings is 1. The van der Waals surface area contributed by atoms with Gasteiger partial charge in [-0.05, 0) is 30.2 Å². The van der Waals surface area contributed by atoms with E-state index in [9.17, 15) is 4.79 Å². The highest BCUT2D eigenvalue weighted by Crippen LogP contribution is 2.20. The molecule has 0 atom stereocenters. The van der Waals surface area contributed by atoms with Crippen molar-refractivity contribution in [3.8, 4) is 11.4 Å². The lowest BCUT2D eigenvalue weighted by Crippen LogP contribution is -1.98. The smallest absolute Gasteiger partial charge is 0.335 e. The Balaban J connectivity index is 2.53. The number of hydrogen-bond donors (Lipinski definition) is 1. The zero-order chi connectivity index (χ0) is 12.4. The highest BCUT2D eigenvalue weighted by atomic mass is 16.5. The molecule has 0 bridgehead atoms. The molecular formula is C12H12N2O3. The van der Waals surface area contributed by atoms with Crippen LogP contribution in [0.25, 0.3) is 11.4 Å². The summed E-state index contributed by atoms with van der Waals surface area (Å²) in [5.74, 6) is -0.0826. The van der Waals surface area contributed by atoms with E-state index in [2.05, 4.69) is 10.1 Å². The van der Waals surface area contributed by atoms with Crippen molar-refractivity contribution in [2.24, 2.45) is 0 Å². The van der Waals surface area contributed by atoms with Gasteiger partial charge in [-0.3, -0.25) is 0 Å². The molecule has 2 rings (SSSR count). The van der Waals surface area contributed by atoms with Gasteiger partial charge in [0.1, 0.15) is 0 Å². The maximum absolute atomic E-state index is 11.0. The van der Waals surface area contributed by atoms with Crippen LogP contribution in [0.3, 0.4) is 0 Å². The van der Waals surface area contributed by atoms with Crippen LogP contribution in [0.5, 0.6) is 0 Å². The Morgan fingerprint density at radius 2 is 2.18 bits per heavy atom. The number of aromatic nitrogens is 2. The highest BCUT2D eigenvalue weighted by Gasteiger charge is 2.11. The standard InChI is InChI=1S/C12H12N2O3/c1-3-8-4-9(6-10(5-8)12(15)16)11-13-7(2)17-14-11/h4-6H,3H2,1-2H3,(H,15,16). The van der Waals surface area contributed by atoms with Crippen molar-refractivity contribution in [2.75, 3.05) is 0 Å². The Labute approximate surface area is 98.1 Å². The molecule has 1 aromatic heterocycles. The van der Waals surface area contributed by atoms with Gasteiger partial charge < -0.3 is 9.63 Å². The second-order valence-electron chi connectivity index (χ2n) is 3.71. The summed E-state index contributed by atoms with van der Waals surface area (Å²) in [5, 5.41) is 12.8. The summed E-state index contributed by atoms with van der Waals surface area (Å²) in [4.78, 5) is 15.1. The van der Waals surface area contributed by atoms with Crippen molar-refractivity contribution in [3.63, 3.8) is 0 Å². The molecule has 0 fully saturated rings. The predicted molar refractivity (Wildman–Crippen MR) is 60.8 cm³/mol. The average Bonchev–Trinajstić information content (AvgIpc) is 2.75. The molecule has 2 aromatic rings. The van der Waals surface area contributed by atoms with Crippen LogP contribution in [-0.4, -0.2) is 21.2 Å². The van der Waals surface area contributed by atoms with E-state index in [1.54, 1.807) is 19.1 Å². The van der Waals surface area contributed by atoms with E-state index in [4.69, 9.17) is 9.63 Å². The van der Waals surface area contributed by atoms with Crippen molar-refractivity contribution >= 4 is 5.97 Å². The molecule has 0 saturated heterocycles. The highest BCUT2D eigenvalue weighted by molar-refractivity contribution is 5.89. The van der Waals surface area contributed by atoms with E-state index >= 15 is 0 Å². The van der Waals surface area contributed by atoms with Gasteiger partial charge >= 0.3 is 5.97 Å². The fraction of sp³-hybridized carbons (Fsp3) is 0.250. The Bertz CT molecular complexity index is 561. The quantitative estimate of drug-likeness (QED) is 0.878. The molecular weight excluding hydrogens is 220 g/mol. The molecule has 88 valence electrons. The molecule has 0 aliphatic heterocycles. The minimum atomic E-state index is -0.957. The van der Waals surface area contributed by atoms with Gasteiger partial charge in [-0.25, -0.2) is 4.79 Å². The Morgan fingerprint density at radius 1 is 1.41 bits per heavy atom. The van der Waals surface area contributed by atoms with Crippen molar-refractivity contribution in [3.05, 3.63) is 35.2 Å². The number of carboxylic acids is 1. The molecule has 1 heterocycles. The first-order chi connectivity index (χ1) is 8.10. The molecule has 0 unspecified atom stereocenters. The maximum Gasteiger partial charge on any atom is 0.335 e. The minimum absolute atomic E-state index is 0.238. The molecule has 0 radical (unpaired) electrons. The minimum Gasteiger partial charge on any atom is -0.478 e. The van der Waals surface area contributed by atoms with Crippen molar-refractivity contribution < 1.29 is 14.4 Å². The number of rotatable bonds is 3. The molecule has 0 aliphatic carbocycles. The first-order valence-corrected chi connectivity index (χ1v) is 5.28. The maximum atomic E-state index is 11.0. The van der Waals surface area contributed by atoms with E-state index in [-0.39, 0.29) is 5.56 Å². The molecule has 5 nitrogen and oxygen atoms in total. The summed E-state index contributed by atoms with van der Waals surface area (Å²) in [5.41, 5.74) is 1.84. The molecule has 0 saturated carbocycles. The second-order valence-corrected chi connectivity index (χ2v) is 3.71. The Hall–Kier alpha value is -2.17. The lowest BCUT2D eigenvalue weighted by Gasteiger charge is -2.02. The molecule has 5 heteroatoms. The molecule has 17 heavy (non-hydrogen) atoms. The van der Waals surface area contributed by atoms with E-state index < -0.39 is 5.97 Å². The first kappa shape index (κ1) is 11.3. The molecule has 0 amide bonds. The van der Waals surface area contributed by atoms with Crippen LogP contribution < -0.4 is 0 Å². The summed E-state index contributed by atoms with van der Waals surface area (Å²) in [7, 11) is 0. The largest absolute Gasteiger partial charge is 0.478 e. The van der Waals surface area contributed by atoms with Gasteiger partial charge in [-0.15, -0.1) is 0 Å². The second kappa shape index (κ2) is 4.37. The van der Waals surface area contributed by atoms with Gasteiger partial charge in [0, 0.05) is 12.5 Å². The van der Waals surface area contributed by atoms with E-state index in [0.717, 1.165) is 12.0 Å². The van der Waals surface area contributed by atoms with Crippen LogP contribution >= 0.6 is 0 Å². The lowest BCUT2D eigenvalue weighted by molar-refractivity contribution is 0.0697. The third-order valence-electron chi connectivity index (χ3n) is 2.43. The van der Waals surface area contributed by atoms with Crippen LogP contribution in [0.1, 0.15) is 28.7 Å². The molecule has 0 spiro atoms. The number of nitrogens with zero attached hydrogens (tertiary/aromatic N) is 2. The third kappa shape index (κ3) is 2.33. The topological polar surface area (TPSA) is 76.2 Å². The fourth-order valence-corrected chi connectivity index (χ4v) is 1.57. The summed E-state index contributed by atoms with van der Waals surface area (Å²) in [6, 6.07) is 5.07. The first-order valence-electron chi connectivity index (χ1n) is 5.28. The van der Waals surface area contributed by atoms with Crippen molar-refractivity contribution in [1.29, 1.82) is 0 Å². The van der Waals surface area contributed by atoms with Crippen LogP contribution in [0.15, 0.2) is 22.7 Å². The van der Waals surface area contributed by atoms with E-state index in [0.29, 0.717) is 17.3 Å². The SMILES string of the molecule is CCc1cc(C(=O)O)cc(-c2noc(C)n2)c1. The summed E-state index contributed by atoms with van der Waals surface area (Å²) >= 11 is 0. The number of hydrogen-bond acceptors (Lipinski definition) is 4. The lowest BCUT2D eigenvalue weighted by atomic mass is 10.0. The predicted octanol–water partition coefficient (Wildman–Crippen LogP) is 2.31. The van der Waals surface area contributed by atoms with Gasteiger partial charge in [-0.2, -0.15) is 4.98 Å². The zero-order valence-electron chi connectivity index (χ0n) is 9.60. The molecule has 1 aromatic carbocycles. The third-order valence-corrected chi connectivity index (χ3v) is 2.43. The van der Waals surface area contributed by atoms with Crippen molar-refractivity contribution in [1.82, 2.24) is 10.1 Å². The number of carbonyl (C=O) groups is 1. The summed E-state index contributed by atoms with van der Waals surface area (Å²) in [6.45, 7) is 3.66. The Kier molecular flexibility index (Phi) is 2.91. The number of aromatic carboxylic acids is 1. The molecule has 1 N–H and O–H groups in total. The monoisotopic (exact) mass is 232 g/mol. The van der Waals surface area contributed by atoms with Gasteiger partial charge in [0.05, 0.1) is 5.56 Å². The summed E-state index contributed by atoms with van der Waals surface area (Å²) in [6.07, 6.45) is 0.755. The normalized spacial score (nSPS) is 10.5. The molecule has 0 aliphatic rings. The van der Waals surface area contributed by atoms with Crippen LogP contribution in [0, 0.1) is 6.92 Å². The van der Waals surface area contributed by atoms with E-state index in [1.165, 1.54) is 0 Å². The van der Waals surface area contributed by atoms with Gasteiger partial charge in [0.25, 0.3) is 0 Å². The number of aryl methyl sites for hydroxylation is 2. The number of carboxylic acid groups (broad SMARTS) is 1. The van der Waals surface area contributed by atoms with Gasteiger partial charge in [-0.1, -0.05) is 12.1 Å². The van der Waals surface area contributed by atoms with Crippen LogP contribution in [0.4, 0.5) is 0 Å². The van der Waals surface area contributed by atoms with Crippen molar-refractivity contribution in [2.45, 2.75) is 20.3 Å². The van der Waals surface area contributed by atoms with Gasteiger partial charge in [0.2, 0.25) is 11.7 Å². The van der Waals surface area contributed by atoms with Gasteiger partial charge in [0.15, 0.2) is 0 Å². The van der Waals surface area contributed by atoms with Crippen LogP contribution in [-0.2, 0) is 6.42 Å². The zero-order valence-corrected chi connectivity index (χ0v) is 9.60. The Morgan fingerprint density at radius 3 is 2.71 bits per heavy atom. The summed E-state index contributed by atoms with van der Waals surface area (Å²) < 4.78 is 4.88. The average molecular weight is 232 g/mol.